The van der Waals surface area contributed by atoms with E-state index in [4.69, 9.17) is 10.5 Å². The Morgan fingerprint density at radius 2 is 2.44 bits per heavy atom. The summed E-state index contributed by atoms with van der Waals surface area (Å²) in [4.78, 5) is 0. The molecule has 0 aliphatic carbocycles. The van der Waals surface area contributed by atoms with E-state index >= 15 is 0 Å². The highest BCUT2D eigenvalue weighted by Crippen LogP contribution is 2.15. The maximum absolute atomic E-state index is 5.40. The van der Waals surface area contributed by atoms with Gasteiger partial charge in [-0.05, 0) is 32.2 Å². The molecule has 0 amide bonds. The molecule has 1 heterocycles. The highest BCUT2D eigenvalue weighted by atomic mass is 16.5. The summed E-state index contributed by atoms with van der Waals surface area (Å²) in [5.41, 5.74) is 5.35. The van der Waals surface area contributed by atoms with Crippen LogP contribution in [0.4, 0.5) is 0 Å². The molecule has 0 unspecified atom stereocenters. The van der Waals surface area contributed by atoms with Crippen molar-refractivity contribution in [2.45, 2.75) is 31.8 Å². The first-order valence-electron chi connectivity index (χ1n) is 3.75. The molecule has 1 aliphatic rings. The van der Waals surface area contributed by atoms with Crippen LogP contribution in [-0.4, -0.2) is 19.3 Å². The molecule has 1 aliphatic heterocycles. The Morgan fingerprint density at radius 1 is 1.56 bits per heavy atom. The first-order valence-corrected chi connectivity index (χ1v) is 3.75. The predicted octanol–water partition coefficient (Wildman–Crippen LogP) is 0.904. The summed E-state index contributed by atoms with van der Waals surface area (Å²) >= 11 is 0. The van der Waals surface area contributed by atoms with Crippen LogP contribution in [0.3, 0.4) is 0 Å². The molecule has 54 valence electrons. The summed E-state index contributed by atoms with van der Waals surface area (Å²) in [6.07, 6.45) is 5.31. The minimum atomic E-state index is 0.536. The average Bonchev–Trinajstić information content (AvgIpc) is 2.34. The van der Waals surface area contributed by atoms with Crippen molar-refractivity contribution in [1.82, 2.24) is 0 Å². The van der Waals surface area contributed by atoms with E-state index in [1.807, 2.05) is 0 Å². The molecule has 1 rings (SSSR count). The number of hydrogen-bond donors (Lipinski definition) is 1. The molecule has 2 N–H and O–H groups in total. The summed E-state index contributed by atoms with van der Waals surface area (Å²) in [6.45, 7) is 1.77. The van der Waals surface area contributed by atoms with Gasteiger partial charge >= 0.3 is 0 Å². The van der Waals surface area contributed by atoms with Gasteiger partial charge < -0.3 is 10.5 Å². The average molecular weight is 129 g/mol. The van der Waals surface area contributed by atoms with Gasteiger partial charge in [-0.2, -0.15) is 0 Å². The number of rotatable bonds is 3. The van der Waals surface area contributed by atoms with Gasteiger partial charge in [-0.1, -0.05) is 0 Å². The van der Waals surface area contributed by atoms with Crippen LogP contribution in [-0.2, 0) is 4.74 Å². The molecular formula is C7H15NO. The maximum atomic E-state index is 5.40. The van der Waals surface area contributed by atoms with Crippen molar-refractivity contribution < 1.29 is 4.74 Å². The van der Waals surface area contributed by atoms with Crippen LogP contribution >= 0.6 is 0 Å². The third kappa shape index (κ3) is 2.33. The lowest BCUT2D eigenvalue weighted by Gasteiger charge is -2.06. The number of ether oxygens (including phenoxy) is 1. The number of nitrogens with two attached hydrogens (primary N) is 1. The van der Waals surface area contributed by atoms with Crippen molar-refractivity contribution in [3.8, 4) is 0 Å². The smallest absolute Gasteiger partial charge is 0.0576 e. The van der Waals surface area contributed by atoms with Gasteiger partial charge in [0.05, 0.1) is 6.10 Å². The van der Waals surface area contributed by atoms with E-state index in [-0.39, 0.29) is 0 Å². The Bertz CT molecular complexity index is 69.3. The summed E-state index contributed by atoms with van der Waals surface area (Å²) in [5, 5.41) is 0. The summed E-state index contributed by atoms with van der Waals surface area (Å²) < 4.78 is 5.40. The molecule has 1 fully saturated rings. The van der Waals surface area contributed by atoms with Crippen LogP contribution in [0.15, 0.2) is 0 Å². The first kappa shape index (κ1) is 7.03. The molecule has 0 saturated carbocycles. The first-order chi connectivity index (χ1) is 4.43. The molecule has 0 aromatic rings. The SMILES string of the molecule is NCCC[C@@H]1CCCO1. The van der Waals surface area contributed by atoms with E-state index in [1.54, 1.807) is 0 Å². The van der Waals surface area contributed by atoms with Crippen molar-refractivity contribution in [3.63, 3.8) is 0 Å². The molecule has 2 heteroatoms. The van der Waals surface area contributed by atoms with E-state index in [0.29, 0.717) is 6.10 Å². The van der Waals surface area contributed by atoms with Gasteiger partial charge in [-0.25, -0.2) is 0 Å². The van der Waals surface area contributed by atoms with Crippen molar-refractivity contribution in [2.75, 3.05) is 13.2 Å². The van der Waals surface area contributed by atoms with Gasteiger partial charge in [-0.3, -0.25) is 0 Å². The van der Waals surface area contributed by atoms with Gasteiger partial charge in [-0.15, -0.1) is 0 Å². The lowest BCUT2D eigenvalue weighted by atomic mass is 10.1. The summed E-state index contributed by atoms with van der Waals surface area (Å²) in [7, 11) is 0. The fourth-order valence-electron chi connectivity index (χ4n) is 1.22. The van der Waals surface area contributed by atoms with Crippen molar-refractivity contribution in [3.05, 3.63) is 0 Å². The largest absolute Gasteiger partial charge is 0.378 e. The lowest BCUT2D eigenvalue weighted by Crippen LogP contribution is -2.08. The molecule has 0 aromatic carbocycles. The fraction of sp³-hybridized carbons (Fsp3) is 1.00. The highest BCUT2D eigenvalue weighted by molar-refractivity contribution is 4.64. The van der Waals surface area contributed by atoms with E-state index in [0.717, 1.165) is 26.0 Å². The Labute approximate surface area is 56.4 Å². The number of hydrogen-bond acceptors (Lipinski definition) is 2. The van der Waals surface area contributed by atoms with Gasteiger partial charge in [0, 0.05) is 6.61 Å². The van der Waals surface area contributed by atoms with Gasteiger partial charge in [0.2, 0.25) is 0 Å². The van der Waals surface area contributed by atoms with Crippen LogP contribution in [0.2, 0.25) is 0 Å². The Hall–Kier alpha value is -0.0800. The Morgan fingerprint density at radius 3 is 3.00 bits per heavy atom. The fourth-order valence-corrected chi connectivity index (χ4v) is 1.22. The van der Waals surface area contributed by atoms with Crippen LogP contribution in [0.25, 0.3) is 0 Å². The standard InChI is InChI=1S/C7H15NO/c8-5-1-3-7-4-2-6-9-7/h7H,1-6,8H2/t7-/m1/s1. The van der Waals surface area contributed by atoms with Crippen LogP contribution in [0.1, 0.15) is 25.7 Å². The zero-order valence-corrected chi connectivity index (χ0v) is 5.81. The van der Waals surface area contributed by atoms with Crippen molar-refractivity contribution >= 4 is 0 Å². The Balaban J connectivity index is 1.98. The van der Waals surface area contributed by atoms with E-state index < -0.39 is 0 Å². The second kappa shape index (κ2) is 3.85. The van der Waals surface area contributed by atoms with Crippen molar-refractivity contribution in [1.29, 1.82) is 0 Å². The van der Waals surface area contributed by atoms with Gasteiger partial charge in [0.1, 0.15) is 0 Å². The lowest BCUT2D eigenvalue weighted by molar-refractivity contribution is 0.103. The minimum Gasteiger partial charge on any atom is -0.378 e. The quantitative estimate of drug-likeness (QED) is 0.614. The molecule has 0 aromatic heterocycles. The minimum absolute atomic E-state index is 0.536. The van der Waals surface area contributed by atoms with Crippen LogP contribution in [0.5, 0.6) is 0 Å². The Kier molecular flexibility index (Phi) is 3.01. The topological polar surface area (TPSA) is 35.2 Å². The molecule has 0 bridgehead atoms. The molecule has 2 nitrogen and oxygen atoms in total. The highest BCUT2D eigenvalue weighted by Gasteiger charge is 2.13. The molecule has 1 saturated heterocycles. The monoisotopic (exact) mass is 129 g/mol. The van der Waals surface area contributed by atoms with Crippen molar-refractivity contribution in [2.24, 2.45) is 5.73 Å². The molecule has 1 atom stereocenters. The second-order valence-electron chi connectivity index (χ2n) is 2.57. The summed E-state index contributed by atoms with van der Waals surface area (Å²) in [5.74, 6) is 0. The second-order valence-corrected chi connectivity index (χ2v) is 2.57. The normalized spacial score (nSPS) is 27.0. The predicted molar refractivity (Wildman–Crippen MR) is 37.3 cm³/mol. The third-order valence-electron chi connectivity index (χ3n) is 1.75. The molecule has 9 heavy (non-hydrogen) atoms. The molecule has 0 spiro atoms. The van der Waals surface area contributed by atoms with Crippen LogP contribution in [0, 0.1) is 0 Å². The van der Waals surface area contributed by atoms with E-state index in [9.17, 15) is 0 Å². The zero-order valence-electron chi connectivity index (χ0n) is 5.81. The maximum Gasteiger partial charge on any atom is 0.0576 e. The summed E-state index contributed by atoms with van der Waals surface area (Å²) in [6, 6.07) is 0. The van der Waals surface area contributed by atoms with E-state index in [1.165, 1.54) is 12.8 Å². The third-order valence-corrected chi connectivity index (χ3v) is 1.75. The zero-order chi connectivity index (χ0) is 6.53. The van der Waals surface area contributed by atoms with Gasteiger partial charge in [0.25, 0.3) is 0 Å². The molecule has 0 radical (unpaired) electrons. The van der Waals surface area contributed by atoms with E-state index in [2.05, 4.69) is 0 Å². The van der Waals surface area contributed by atoms with Gasteiger partial charge in [0.15, 0.2) is 0 Å². The molecular weight excluding hydrogens is 114 g/mol. The van der Waals surface area contributed by atoms with Crippen LogP contribution < -0.4 is 5.73 Å².